The molecule has 23 heavy (non-hydrogen) atoms. The number of hydrogen-bond donors (Lipinski definition) is 1. The Hall–Kier alpha value is -1.39. The molecule has 1 amide bonds. The molecule has 0 aromatic heterocycles. The summed E-state index contributed by atoms with van der Waals surface area (Å²) in [6.45, 7) is 3.06. The van der Waals surface area contributed by atoms with Crippen molar-refractivity contribution in [1.82, 2.24) is 4.90 Å². The number of rotatable bonds is 3. The fourth-order valence-electron chi connectivity index (χ4n) is 3.87. The van der Waals surface area contributed by atoms with Crippen molar-refractivity contribution in [3.63, 3.8) is 0 Å². The minimum atomic E-state index is -0.226. The molecule has 0 spiro atoms. The Morgan fingerprint density at radius 1 is 1.22 bits per heavy atom. The summed E-state index contributed by atoms with van der Waals surface area (Å²) in [4.78, 5) is 14.8. The SMILES string of the molecule is CC1COC(CO)CN1C(=O)C1CCC(c2ccccc2)CC1. The van der Waals surface area contributed by atoms with Gasteiger partial charge in [0, 0.05) is 12.5 Å². The van der Waals surface area contributed by atoms with E-state index in [1.807, 2.05) is 11.8 Å². The molecule has 2 aliphatic rings. The van der Waals surface area contributed by atoms with Gasteiger partial charge in [-0.25, -0.2) is 0 Å². The predicted molar refractivity (Wildman–Crippen MR) is 89.1 cm³/mol. The first kappa shape index (κ1) is 16.5. The molecule has 2 fully saturated rings. The molecule has 0 radical (unpaired) electrons. The van der Waals surface area contributed by atoms with Crippen molar-refractivity contribution in [2.45, 2.75) is 50.7 Å². The Labute approximate surface area is 138 Å². The van der Waals surface area contributed by atoms with E-state index in [1.54, 1.807) is 0 Å². The van der Waals surface area contributed by atoms with Crippen molar-refractivity contribution >= 4 is 5.91 Å². The Morgan fingerprint density at radius 3 is 2.57 bits per heavy atom. The van der Waals surface area contributed by atoms with Crippen LogP contribution in [0.1, 0.15) is 44.1 Å². The summed E-state index contributed by atoms with van der Waals surface area (Å²) in [6.07, 6.45) is 3.87. The number of ether oxygens (including phenoxy) is 1. The summed E-state index contributed by atoms with van der Waals surface area (Å²) in [7, 11) is 0. The lowest BCUT2D eigenvalue weighted by Gasteiger charge is -2.40. The number of morpholine rings is 1. The number of amides is 1. The van der Waals surface area contributed by atoms with Gasteiger partial charge in [-0.05, 0) is 44.1 Å². The monoisotopic (exact) mass is 317 g/mol. The molecule has 1 saturated heterocycles. The van der Waals surface area contributed by atoms with E-state index < -0.39 is 0 Å². The fraction of sp³-hybridized carbons (Fsp3) is 0.632. The number of carbonyl (C=O) groups excluding carboxylic acids is 1. The zero-order valence-corrected chi connectivity index (χ0v) is 13.9. The number of nitrogens with zero attached hydrogens (tertiary/aromatic N) is 1. The maximum atomic E-state index is 12.9. The third-order valence-corrected chi connectivity index (χ3v) is 5.34. The van der Waals surface area contributed by atoms with Crippen LogP contribution in [0.3, 0.4) is 0 Å². The van der Waals surface area contributed by atoms with Gasteiger partial charge in [-0.2, -0.15) is 0 Å². The highest BCUT2D eigenvalue weighted by Gasteiger charge is 2.35. The van der Waals surface area contributed by atoms with Gasteiger partial charge in [0.15, 0.2) is 0 Å². The minimum absolute atomic E-state index is 0.0166. The van der Waals surface area contributed by atoms with E-state index in [0.717, 1.165) is 25.7 Å². The fourth-order valence-corrected chi connectivity index (χ4v) is 3.87. The molecule has 1 heterocycles. The topological polar surface area (TPSA) is 49.8 Å². The van der Waals surface area contributed by atoms with E-state index in [9.17, 15) is 9.90 Å². The van der Waals surface area contributed by atoms with Crippen molar-refractivity contribution in [2.75, 3.05) is 19.8 Å². The van der Waals surface area contributed by atoms with Crippen molar-refractivity contribution in [2.24, 2.45) is 5.92 Å². The van der Waals surface area contributed by atoms with Crippen LogP contribution in [-0.2, 0) is 9.53 Å². The summed E-state index contributed by atoms with van der Waals surface area (Å²) in [5, 5.41) is 9.28. The van der Waals surface area contributed by atoms with Gasteiger partial charge < -0.3 is 14.7 Å². The van der Waals surface area contributed by atoms with E-state index in [0.29, 0.717) is 19.1 Å². The average molecular weight is 317 g/mol. The average Bonchev–Trinajstić information content (AvgIpc) is 2.62. The largest absolute Gasteiger partial charge is 0.394 e. The van der Waals surface area contributed by atoms with E-state index in [2.05, 4.69) is 30.3 Å². The summed E-state index contributed by atoms with van der Waals surface area (Å²) in [5.41, 5.74) is 1.40. The van der Waals surface area contributed by atoms with Gasteiger partial charge in [-0.3, -0.25) is 4.79 Å². The van der Waals surface area contributed by atoms with Crippen LogP contribution in [0, 0.1) is 5.92 Å². The van der Waals surface area contributed by atoms with Gasteiger partial charge in [0.25, 0.3) is 0 Å². The van der Waals surface area contributed by atoms with Gasteiger partial charge in [0.1, 0.15) is 0 Å². The summed E-state index contributed by atoms with van der Waals surface area (Å²) < 4.78 is 5.54. The van der Waals surface area contributed by atoms with Gasteiger partial charge in [0.05, 0.1) is 25.4 Å². The number of aliphatic hydroxyl groups excluding tert-OH is 1. The van der Waals surface area contributed by atoms with Gasteiger partial charge in [-0.15, -0.1) is 0 Å². The van der Waals surface area contributed by atoms with Crippen LogP contribution in [0.25, 0.3) is 0 Å². The number of benzene rings is 1. The maximum absolute atomic E-state index is 12.9. The summed E-state index contributed by atoms with van der Waals surface area (Å²) in [5.74, 6) is 0.980. The normalized spacial score (nSPS) is 31.8. The van der Waals surface area contributed by atoms with Gasteiger partial charge in [0.2, 0.25) is 5.91 Å². The molecule has 1 aromatic rings. The van der Waals surface area contributed by atoms with E-state index in [4.69, 9.17) is 4.74 Å². The Kier molecular flexibility index (Phi) is 5.34. The molecule has 4 nitrogen and oxygen atoms in total. The molecule has 0 bridgehead atoms. The molecule has 1 N–H and O–H groups in total. The van der Waals surface area contributed by atoms with Crippen LogP contribution in [0.4, 0.5) is 0 Å². The smallest absolute Gasteiger partial charge is 0.226 e. The minimum Gasteiger partial charge on any atom is -0.394 e. The quantitative estimate of drug-likeness (QED) is 0.932. The first-order valence-electron chi connectivity index (χ1n) is 8.77. The molecule has 2 atom stereocenters. The second-order valence-electron chi connectivity index (χ2n) is 6.94. The van der Waals surface area contributed by atoms with Crippen LogP contribution in [0.15, 0.2) is 30.3 Å². The molecule has 4 heteroatoms. The molecular weight excluding hydrogens is 290 g/mol. The lowest BCUT2D eigenvalue weighted by atomic mass is 9.78. The van der Waals surface area contributed by atoms with Crippen LogP contribution < -0.4 is 0 Å². The number of aliphatic hydroxyl groups is 1. The van der Waals surface area contributed by atoms with Crippen molar-refractivity contribution in [3.05, 3.63) is 35.9 Å². The van der Waals surface area contributed by atoms with Crippen molar-refractivity contribution in [3.8, 4) is 0 Å². The molecule has 2 unspecified atom stereocenters. The maximum Gasteiger partial charge on any atom is 0.226 e. The second-order valence-corrected chi connectivity index (χ2v) is 6.94. The lowest BCUT2D eigenvalue weighted by Crippen LogP contribution is -2.53. The number of carbonyl (C=O) groups is 1. The van der Waals surface area contributed by atoms with Gasteiger partial charge >= 0.3 is 0 Å². The Balaban J connectivity index is 1.57. The van der Waals surface area contributed by atoms with Crippen LogP contribution in [-0.4, -0.2) is 47.8 Å². The third kappa shape index (κ3) is 3.75. The zero-order chi connectivity index (χ0) is 16.2. The first-order chi connectivity index (χ1) is 11.2. The van der Waals surface area contributed by atoms with Crippen molar-refractivity contribution in [1.29, 1.82) is 0 Å². The highest BCUT2D eigenvalue weighted by Crippen LogP contribution is 2.36. The first-order valence-corrected chi connectivity index (χ1v) is 8.77. The van der Waals surface area contributed by atoms with Crippen molar-refractivity contribution < 1.29 is 14.6 Å². The molecule has 1 aliphatic heterocycles. The lowest BCUT2D eigenvalue weighted by molar-refractivity contribution is -0.151. The Morgan fingerprint density at radius 2 is 1.91 bits per heavy atom. The summed E-state index contributed by atoms with van der Waals surface area (Å²) in [6, 6.07) is 10.7. The van der Waals surface area contributed by atoms with Crippen LogP contribution >= 0.6 is 0 Å². The second kappa shape index (κ2) is 7.45. The molecule has 1 aromatic carbocycles. The number of hydrogen-bond acceptors (Lipinski definition) is 3. The molecule has 1 aliphatic carbocycles. The highest BCUT2D eigenvalue weighted by atomic mass is 16.5. The molecule has 3 rings (SSSR count). The van der Waals surface area contributed by atoms with Crippen LogP contribution in [0.5, 0.6) is 0 Å². The Bertz CT molecular complexity index is 511. The van der Waals surface area contributed by atoms with E-state index in [1.165, 1.54) is 5.56 Å². The van der Waals surface area contributed by atoms with Crippen LogP contribution in [0.2, 0.25) is 0 Å². The zero-order valence-electron chi connectivity index (χ0n) is 13.9. The van der Waals surface area contributed by atoms with Gasteiger partial charge in [-0.1, -0.05) is 30.3 Å². The standard InChI is InChI=1S/C19H27NO3/c1-14-13-23-18(12-21)11-20(14)19(22)17-9-7-16(8-10-17)15-5-3-2-4-6-15/h2-6,14,16-18,21H,7-13H2,1H3. The van der Waals surface area contributed by atoms with E-state index in [-0.39, 0.29) is 30.6 Å². The third-order valence-electron chi connectivity index (χ3n) is 5.34. The molecular formula is C19H27NO3. The predicted octanol–water partition coefficient (Wildman–Crippen LogP) is 2.57. The summed E-state index contributed by atoms with van der Waals surface area (Å²) >= 11 is 0. The van der Waals surface area contributed by atoms with E-state index >= 15 is 0 Å². The highest BCUT2D eigenvalue weighted by molar-refractivity contribution is 5.79. The molecule has 1 saturated carbocycles. The molecule has 126 valence electrons.